The number of esters is 3. The van der Waals surface area contributed by atoms with Crippen LogP contribution in [0.4, 0.5) is 0 Å². The monoisotopic (exact) mass is 656 g/mol. The molecule has 0 heterocycles. The molecule has 0 N–H and O–H groups in total. The molecule has 0 saturated heterocycles. The summed E-state index contributed by atoms with van der Waals surface area (Å²) in [6, 6.07) is 21.4. The summed E-state index contributed by atoms with van der Waals surface area (Å²) in [6.45, 7) is 8.52. The lowest BCUT2D eigenvalue weighted by Gasteiger charge is -2.08. The molecule has 0 bridgehead atoms. The maximum atomic E-state index is 12.8. The zero-order valence-electron chi connectivity index (χ0n) is 28.3. The fourth-order valence-corrected chi connectivity index (χ4v) is 4.75. The zero-order chi connectivity index (χ0) is 34.6. The van der Waals surface area contributed by atoms with Crippen molar-refractivity contribution in [2.75, 3.05) is 19.8 Å². The van der Waals surface area contributed by atoms with Crippen LogP contribution in [-0.4, -0.2) is 43.5 Å². The molecule has 8 nitrogen and oxygen atoms in total. The molecule has 0 saturated carbocycles. The van der Waals surface area contributed by atoms with Crippen molar-refractivity contribution in [3.63, 3.8) is 0 Å². The molecule has 0 fully saturated rings. The lowest BCUT2D eigenvalue weighted by molar-refractivity contribution is -0.144. The summed E-state index contributed by atoms with van der Waals surface area (Å²) < 4.78 is 21.6. The van der Waals surface area contributed by atoms with E-state index in [-0.39, 0.29) is 24.1 Å². The molecule has 256 valence electrons. The third kappa shape index (κ3) is 14.8. The van der Waals surface area contributed by atoms with Crippen molar-refractivity contribution in [2.24, 2.45) is 0 Å². The van der Waals surface area contributed by atoms with E-state index < -0.39 is 5.97 Å². The number of hydrogen-bond acceptors (Lipinski definition) is 8. The van der Waals surface area contributed by atoms with Gasteiger partial charge in [0.25, 0.3) is 0 Å². The quantitative estimate of drug-likeness (QED) is 0.0348. The van der Waals surface area contributed by atoms with Crippen LogP contribution >= 0.6 is 0 Å². The van der Waals surface area contributed by atoms with Gasteiger partial charge in [-0.25, -0.2) is 9.59 Å². The van der Waals surface area contributed by atoms with Crippen LogP contribution in [0.5, 0.6) is 11.5 Å². The molecule has 0 aliphatic rings. The highest BCUT2D eigenvalue weighted by atomic mass is 16.5. The molecule has 0 unspecified atom stereocenters. The molecule has 0 radical (unpaired) electrons. The van der Waals surface area contributed by atoms with Gasteiger partial charge in [0.1, 0.15) is 11.5 Å². The summed E-state index contributed by atoms with van der Waals surface area (Å²) in [4.78, 5) is 48.3. The number of unbranched alkanes of at least 4 members (excludes halogenated alkanes) is 7. The second kappa shape index (κ2) is 21.2. The summed E-state index contributed by atoms with van der Waals surface area (Å²) in [7, 11) is 0. The van der Waals surface area contributed by atoms with Crippen LogP contribution in [0.3, 0.4) is 0 Å². The SMILES string of the molecule is C=C(C)C(=O)OCCCCCC(=O)OCCCCCCCCOc1ccc(C(=O)Cc2ccc(OC(=O)c3ccc(C)cc3)cc2)cc1. The number of carbonyl (C=O) groups excluding carboxylic acids is 4. The van der Waals surface area contributed by atoms with E-state index in [1.165, 1.54) is 0 Å². The minimum atomic E-state index is -0.420. The normalized spacial score (nSPS) is 10.6. The van der Waals surface area contributed by atoms with E-state index in [4.69, 9.17) is 18.9 Å². The number of benzene rings is 3. The van der Waals surface area contributed by atoms with Gasteiger partial charge in [-0.15, -0.1) is 0 Å². The van der Waals surface area contributed by atoms with Gasteiger partial charge in [0.2, 0.25) is 0 Å². The fraction of sp³-hybridized carbons (Fsp3) is 0.400. The van der Waals surface area contributed by atoms with Crippen LogP contribution < -0.4 is 9.47 Å². The van der Waals surface area contributed by atoms with Crippen molar-refractivity contribution < 1.29 is 38.1 Å². The van der Waals surface area contributed by atoms with Gasteiger partial charge in [0.15, 0.2) is 5.78 Å². The predicted molar refractivity (Wildman–Crippen MR) is 185 cm³/mol. The molecule has 0 aliphatic carbocycles. The molecule has 3 aromatic rings. The van der Waals surface area contributed by atoms with Gasteiger partial charge in [0.05, 0.1) is 25.4 Å². The molecule has 0 amide bonds. The van der Waals surface area contributed by atoms with Gasteiger partial charge in [-0.2, -0.15) is 0 Å². The van der Waals surface area contributed by atoms with Crippen molar-refractivity contribution in [1.29, 1.82) is 0 Å². The van der Waals surface area contributed by atoms with Gasteiger partial charge >= 0.3 is 17.9 Å². The van der Waals surface area contributed by atoms with E-state index in [9.17, 15) is 19.2 Å². The summed E-state index contributed by atoms with van der Waals surface area (Å²) >= 11 is 0. The highest BCUT2D eigenvalue weighted by molar-refractivity contribution is 5.97. The largest absolute Gasteiger partial charge is 0.494 e. The number of rotatable bonds is 22. The van der Waals surface area contributed by atoms with Crippen LogP contribution in [0.25, 0.3) is 0 Å². The topological polar surface area (TPSA) is 105 Å². The second-order valence-electron chi connectivity index (χ2n) is 11.9. The molecule has 0 spiro atoms. The summed E-state index contributed by atoms with van der Waals surface area (Å²) in [5.41, 5.74) is 3.39. The van der Waals surface area contributed by atoms with Crippen molar-refractivity contribution in [3.05, 3.63) is 107 Å². The summed E-state index contributed by atoms with van der Waals surface area (Å²) in [5, 5.41) is 0. The van der Waals surface area contributed by atoms with E-state index in [1.54, 1.807) is 55.5 Å². The van der Waals surface area contributed by atoms with Crippen molar-refractivity contribution in [3.8, 4) is 11.5 Å². The first-order valence-electron chi connectivity index (χ1n) is 16.8. The van der Waals surface area contributed by atoms with E-state index in [0.29, 0.717) is 48.7 Å². The van der Waals surface area contributed by atoms with Gasteiger partial charge in [-0.1, -0.05) is 62.1 Å². The van der Waals surface area contributed by atoms with Crippen molar-refractivity contribution in [2.45, 2.75) is 84.5 Å². The van der Waals surface area contributed by atoms with Crippen LogP contribution in [0.1, 0.15) is 103 Å². The Morgan fingerprint density at radius 2 is 1.15 bits per heavy atom. The molecule has 0 atom stereocenters. The Balaban J connectivity index is 1.19. The molecular formula is C40H48O8. The molecule has 3 rings (SSSR count). The molecular weight excluding hydrogens is 608 g/mol. The van der Waals surface area contributed by atoms with Crippen molar-refractivity contribution in [1.82, 2.24) is 0 Å². The second-order valence-corrected chi connectivity index (χ2v) is 11.9. The van der Waals surface area contributed by atoms with Crippen LogP contribution in [-0.2, 0) is 25.5 Å². The number of Topliss-reactive ketones (excluding diaryl/α,β-unsaturated/α-hetero) is 1. The molecule has 3 aromatic carbocycles. The molecule has 0 aromatic heterocycles. The lowest BCUT2D eigenvalue weighted by Crippen LogP contribution is -2.08. The number of hydrogen-bond donors (Lipinski definition) is 0. The van der Waals surface area contributed by atoms with Crippen molar-refractivity contribution >= 4 is 23.7 Å². The van der Waals surface area contributed by atoms with Gasteiger partial charge in [-0.3, -0.25) is 9.59 Å². The smallest absolute Gasteiger partial charge is 0.343 e. The van der Waals surface area contributed by atoms with Crippen LogP contribution in [0, 0.1) is 6.92 Å². The average molecular weight is 657 g/mol. The molecule has 8 heteroatoms. The first-order valence-corrected chi connectivity index (χ1v) is 16.8. The minimum Gasteiger partial charge on any atom is -0.494 e. The maximum absolute atomic E-state index is 12.8. The molecule has 48 heavy (non-hydrogen) atoms. The number of ketones is 1. The van der Waals surface area contributed by atoms with E-state index in [1.807, 2.05) is 31.2 Å². The lowest BCUT2D eigenvalue weighted by atomic mass is 10.0. The van der Waals surface area contributed by atoms with Gasteiger partial charge < -0.3 is 18.9 Å². The summed E-state index contributed by atoms with van der Waals surface area (Å²) in [5.74, 6) is 0.192. The number of ether oxygens (including phenoxy) is 4. The predicted octanol–water partition coefficient (Wildman–Crippen LogP) is 8.58. The third-order valence-corrected chi connectivity index (χ3v) is 7.64. The first-order chi connectivity index (χ1) is 23.2. The van der Waals surface area contributed by atoms with E-state index in [2.05, 4.69) is 6.58 Å². The maximum Gasteiger partial charge on any atom is 0.343 e. The average Bonchev–Trinajstić information content (AvgIpc) is 3.08. The first kappa shape index (κ1) is 37.7. The third-order valence-electron chi connectivity index (χ3n) is 7.64. The molecule has 0 aliphatic heterocycles. The Hall–Kier alpha value is -4.72. The van der Waals surface area contributed by atoms with Crippen LogP contribution in [0.2, 0.25) is 0 Å². The van der Waals surface area contributed by atoms with Crippen LogP contribution in [0.15, 0.2) is 84.9 Å². The van der Waals surface area contributed by atoms with Gasteiger partial charge in [-0.05, 0) is 100 Å². The number of aryl methyl sites for hydroxylation is 1. The highest BCUT2D eigenvalue weighted by Gasteiger charge is 2.11. The fourth-order valence-electron chi connectivity index (χ4n) is 4.75. The Morgan fingerprint density at radius 1 is 0.604 bits per heavy atom. The Bertz CT molecular complexity index is 1460. The number of carbonyl (C=O) groups is 4. The summed E-state index contributed by atoms with van der Waals surface area (Å²) in [6.07, 6.45) is 8.94. The standard InChI is InChI=1S/C40H48O8/c1-30(2)39(43)47-28-12-8-9-13-38(42)46-27-11-7-5-4-6-10-26-45-35-24-20-33(21-25-35)37(41)29-32-16-22-36(23-17-32)48-40(44)34-18-14-31(3)15-19-34/h14-25H,1,4-13,26-29H2,2-3H3. The minimum absolute atomic E-state index is 0.00328. The van der Waals surface area contributed by atoms with Gasteiger partial charge in [0, 0.05) is 24.0 Å². The Morgan fingerprint density at radius 3 is 1.79 bits per heavy atom. The van der Waals surface area contributed by atoms with E-state index >= 15 is 0 Å². The Labute approximate surface area is 284 Å². The Kier molecular flexibility index (Phi) is 16.7. The zero-order valence-corrected chi connectivity index (χ0v) is 28.3. The van der Waals surface area contributed by atoms with E-state index in [0.717, 1.165) is 74.7 Å². The highest BCUT2D eigenvalue weighted by Crippen LogP contribution is 2.18.